The van der Waals surface area contributed by atoms with E-state index >= 15 is 0 Å². The van der Waals surface area contributed by atoms with Crippen LogP contribution in [-0.4, -0.2) is 31.1 Å². The molecule has 3 nitrogen and oxygen atoms in total. The molecule has 0 aliphatic carbocycles. The van der Waals surface area contributed by atoms with E-state index < -0.39 is 0 Å². The Labute approximate surface area is 133 Å². The first-order valence-electron chi connectivity index (χ1n) is 8.07. The second kappa shape index (κ2) is 6.95. The van der Waals surface area contributed by atoms with E-state index in [0.29, 0.717) is 6.54 Å². The maximum Gasteiger partial charge on any atom is 0.0412 e. The summed E-state index contributed by atoms with van der Waals surface area (Å²) in [6.07, 6.45) is 0. The van der Waals surface area contributed by atoms with Crippen molar-refractivity contribution in [3.63, 3.8) is 0 Å². The fourth-order valence-corrected chi connectivity index (χ4v) is 3.09. The summed E-state index contributed by atoms with van der Waals surface area (Å²) in [4.78, 5) is 5.00. The second-order valence-corrected chi connectivity index (χ2v) is 6.08. The zero-order valence-corrected chi connectivity index (χ0v) is 13.3. The molecule has 0 unspecified atom stereocenters. The molecule has 1 aliphatic heterocycles. The number of piperazine rings is 1. The summed E-state index contributed by atoms with van der Waals surface area (Å²) in [7, 11) is 0. The molecule has 0 radical (unpaired) electrons. The van der Waals surface area contributed by atoms with Crippen LogP contribution < -0.4 is 10.6 Å². The first kappa shape index (κ1) is 15.1. The van der Waals surface area contributed by atoms with Crippen LogP contribution in [0.25, 0.3) is 0 Å². The van der Waals surface area contributed by atoms with Gasteiger partial charge < -0.3 is 10.6 Å². The monoisotopic (exact) mass is 295 g/mol. The number of anilines is 1. The van der Waals surface area contributed by atoms with Crippen LogP contribution in [0.5, 0.6) is 0 Å². The van der Waals surface area contributed by atoms with Gasteiger partial charge in [-0.25, -0.2) is 0 Å². The van der Waals surface area contributed by atoms with Gasteiger partial charge in [0.05, 0.1) is 0 Å². The molecule has 3 rings (SSSR count). The van der Waals surface area contributed by atoms with Gasteiger partial charge in [-0.2, -0.15) is 0 Å². The minimum atomic E-state index is 0.611. The smallest absolute Gasteiger partial charge is 0.0412 e. The summed E-state index contributed by atoms with van der Waals surface area (Å²) in [6, 6.07) is 17.4. The van der Waals surface area contributed by atoms with Crippen LogP contribution in [0.1, 0.15) is 16.7 Å². The Morgan fingerprint density at radius 2 is 1.59 bits per heavy atom. The molecule has 3 heteroatoms. The van der Waals surface area contributed by atoms with Gasteiger partial charge in [-0.05, 0) is 24.1 Å². The maximum atomic E-state index is 5.86. The largest absolute Gasteiger partial charge is 0.369 e. The van der Waals surface area contributed by atoms with Gasteiger partial charge in [0.15, 0.2) is 0 Å². The van der Waals surface area contributed by atoms with Crippen molar-refractivity contribution in [2.24, 2.45) is 5.73 Å². The predicted octanol–water partition coefficient (Wildman–Crippen LogP) is 2.78. The number of hydrogen-bond acceptors (Lipinski definition) is 3. The van der Waals surface area contributed by atoms with Crippen molar-refractivity contribution in [1.29, 1.82) is 0 Å². The average molecular weight is 295 g/mol. The highest BCUT2D eigenvalue weighted by Gasteiger charge is 2.18. The van der Waals surface area contributed by atoms with Crippen molar-refractivity contribution in [3.05, 3.63) is 65.2 Å². The molecule has 2 aromatic carbocycles. The lowest BCUT2D eigenvalue weighted by molar-refractivity contribution is 0.249. The lowest BCUT2D eigenvalue weighted by Gasteiger charge is -2.37. The predicted molar refractivity (Wildman–Crippen MR) is 93.0 cm³/mol. The summed E-state index contributed by atoms with van der Waals surface area (Å²) in [5.74, 6) is 0. The van der Waals surface area contributed by atoms with Crippen molar-refractivity contribution in [3.8, 4) is 0 Å². The van der Waals surface area contributed by atoms with Crippen LogP contribution in [-0.2, 0) is 13.1 Å². The minimum absolute atomic E-state index is 0.611. The molecular weight excluding hydrogens is 270 g/mol. The van der Waals surface area contributed by atoms with Crippen LogP contribution in [0.4, 0.5) is 5.69 Å². The Hall–Kier alpha value is -1.84. The van der Waals surface area contributed by atoms with Crippen molar-refractivity contribution in [1.82, 2.24) is 4.90 Å². The van der Waals surface area contributed by atoms with E-state index in [4.69, 9.17) is 5.73 Å². The van der Waals surface area contributed by atoms with Crippen LogP contribution in [0.2, 0.25) is 0 Å². The van der Waals surface area contributed by atoms with Gasteiger partial charge >= 0.3 is 0 Å². The summed E-state index contributed by atoms with van der Waals surface area (Å²) in [6.45, 7) is 8.15. The van der Waals surface area contributed by atoms with E-state index in [1.165, 1.54) is 22.4 Å². The van der Waals surface area contributed by atoms with E-state index in [9.17, 15) is 0 Å². The molecule has 1 heterocycles. The molecule has 1 aliphatic rings. The van der Waals surface area contributed by atoms with Gasteiger partial charge in [0.2, 0.25) is 0 Å². The summed E-state index contributed by atoms with van der Waals surface area (Å²) < 4.78 is 0. The van der Waals surface area contributed by atoms with Crippen LogP contribution >= 0.6 is 0 Å². The Balaban J connectivity index is 1.59. The molecule has 0 bridgehead atoms. The zero-order valence-electron chi connectivity index (χ0n) is 13.3. The maximum absolute atomic E-state index is 5.86. The molecule has 2 N–H and O–H groups in total. The molecule has 1 saturated heterocycles. The van der Waals surface area contributed by atoms with Gasteiger partial charge in [-0.1, -0.05) is 48.0 Å². The fraction of sp³-hybridized carbons (Fsp3) is 0.368. The average Bonchev–Trinajstić information content (AvgIpc) is 2.58. The van der Waals surface area contributed by atoms with E-state index in [-0.39, 0.29) is 0 Å². The van der Waals surface area contributed by atoms with Gasteiger partial charge in [0, 0.05) is 45.0 Å². The molecule has 0 atom stereocenters. The quantitative estimate of drug-likeness (QED) is 0.941. The van der Waals surface area contributed by atoms with Crippen LogP contribution in [0.3, 0.4) is 0 Å². The normalized spacial score (nSPS) is 16.0. The topological polar surface area (TPSA) is 32.5 Å². The van der Waals surface area contributed by atoms with Crippen molar-refractivity contribution in [2.45, 2.75) is 20.0 Å². The lowest BCUT2D eigenvalue weighted by Crippen LogP contribution is -2.46. The fourth-order valence-electron chi connectivity index (χ4n) is 3.09. The number of benzene rings is 2. The third-order valence-electron chi connectivity index (χ3n) is 4.45. The Morgan fingerprint density at radius 1 is 0.909 bits per heavy atom. The number of nitrogens with zero attached hydrogens (tertiary/aromatic N) is 2. The summed E-state index contributed by atoms with van der Waals surface area (Å²) in [5, 5.41) is 0. The third kappa shape index (κ3) is 3.49. The Morgan fingerprint density at radius 3 is 2.27 bits per heavy atom. The van der Waals surface area contributed by atoms with E-state index in [2.05, 4.69) is 65.3 Å². The highest BCUT2D eigenvalue weighted by molar-refractivity contribution is 5.54. The van der Waals surface area contributed by atoms with Crippen molar-refractivity contribution in [2.75, 3.05) is 31.1 Å². The Kier molecular flexibility index (Phi) is 4.76. The highest BCUT2D eigenvalue weighted by Crippen LogP contribution is 2.22. The molecule has 0 amide bonds. The lowest BCUT2D eigenvalue weighted by atomic mass is 10.1. The Bertz CT molecular complexity index is 598. The molecule has 1 fully saturated rings. The number of rotatable bonds is 4. The number of nitrogens with two attached hydrogens (primary N) is 1. The van der Waals surface area contributed by atoms with E-state index in [1.807, 2.05) is 0 Å². The number of aryl methyl sites for hydroxylation is 1. The minimum Gasteiger partial charge on any atom is -0.369 e. The number of hydrogen-bond donors (Lipinski definition) is 1. The molecule has 116 valence electrons. The molecule has 2 aromatic rings. The first-order valence-corrected chi connectivity index (χ1v) is 8.07. The second-order valence-electron chi connectivity index (χ2n) is 6.08. The van der Waals surface area contributed by atoms with Gasteiger partial charge in [-0.3, -0.25) is 4.90 Å². The molecule has 0 saturated carbocycles. The summed E-state index contributed by atoms with van der Waals surface area (Å²) >= 11 is 0. The van der Waals surface area contributed by atoms with Crippen molar-refractivity contribution < 1.29 is 0 Å². The van der Waals surface area contributed by atoms with Gasteiger partial charge in [0.25, 0.3) is 0 Å². The first-order chi connectivity index (χ1) is 10.8. The standard InChI is InChI=1S/C19H25N3/c1-16-6-8-17(9-7-16)15-21-10-12-22(13-11-21)19-5-3-2-4-18(19)14-20/h2-9H,10-15,20H2,1H3. The van der Waals surface area contributed by atoms with Crippen molar-refractivity contribution >= 4 is 5.69 Å². The SMILES string of the molecule is Cc1ccc(CN2CCN(c3ccccc3CN)CC2)cc1. The van der Waals surface area contributed by atoms with E-state index in [0.717, 1.165) is 32.7 Å². The number of para-hydroxylation sites is 1. The molecule has 22 heavy (non-hydrogen) atoms. The molecule has 0 spiro atoms. The summed E-state index contributed by atoms with van der Waals surface area (Å²) in [5.41, 5.74) is 11.1. The molecular formula is C19H25N3. The zero-order chi connectivity index (χ0) is 15.4. The third-order valence-corrected chi connectivity index (χ3v) is 4.45. The molecule has 0 aromatic heterocycles. The highest BCUT2D eigenvalue weighted by atomic mass is 15.3. The van der Waals surface area contributed by atoms with Crippen LogP contribution in [0, 0.1) is 6.92 Å². The van der Waals surface area contributed by atoms with Crippen LogP contribution in [0.15, 0.2) is 48.5 Å². The van der Waals surface area contributed by atoms with Gasteiger partial charge in [-0.15, -0.1) is 0 Å². The van der Waals surface area contributed by atoms with E-state index in [1.54, 1.807) is 0 Å². The van der Waals surface area contributed by atoms with Gasteiger partial charge in [0.1, 0.15) is 0 Å².